The predicted molar refractivity (Wildman–Crippen MR) is 127 cm³/mol. The number of nitrogens with one attached hydrogen (secondary N) is 1. The van der Waals surface area contributed by atoms with E-state index in [1.165, 1.54) is 0 Å². The predicted octanol–water partition coefficient (Wildman–Crippen LogP) is 2.43. The van der Waals surface area contributed by atoms with Crippen LogP contribution in [0.4, 0.5) is 0 Å². The Morgan fingerprint density at radius 3 is 2.76 bits per heavy atom. The molecule has 1 saturated heterocycles. The first-order chi connectivity index (χ1) is 16.0. The van der Waals surface area contributed by atoms with Crippen molar-refractivity contribution in [2.75, 3.05) is 39.5 Å². The molecule has 4 rings (SSSR count). The van der Waals surface area contributed by atoms with Crippen LogP contribution in [0.1, 0.15) is 44.1 Å². The molecule has 1 aliphatic heterocycles. The van der Waals surface area contributed by atoms with E-state index in [4.69, 9.17) is 14.5 Å². The average molecular weight is 456 g/mol. The van der Waals surface area contributed by atoms with Gasteiger partial charge in [-0.3, -0.25) is 14.4 Å². The monoisotopic (exact) mass is 455 g/mol. The lowest BCUT2D eigenvalue weighted by Gasteiger charge is -2.28. The number of aromatic amines is 1. The fourth-order valence-corrected chi connectivity index (χ4v) is 4.19. The SMILES string of the molecule is CCCOc1ccc(C(O)CN2CCOCC2)cc1-c1nc2c(CCC)nn(C)c2c(=O)[nH]1. The van der Waals surface area contributed by atoms with Crippen LogP contribution < -0.4 is 10.3 Å². The molecule has 1 fully saturated rings. The largest absolute Gasteiger partial charge is 0.493 e. The molecule has 9 heteroatoms. The van der Waals surface area contributed by atoms with E-state index >= 15 is 0 Å². The maximum Gasteiger partial charge on any atom is 0.277 e. The molecule has 0 amide bonds. The van der Waals surface area contributed by atoms with Crippen molar-refractivity contribution in [3.63, 3.8) is 0 Å². The number of rotatable bonds is 9. The molecule has 0 radical (unpaired) electrons. The number of nitrogens with zero attached hydrogens (tertiary/aromatic N) is 4. The van der Waals surface area contributed by atoms with Crippen LogP contribution in [0, 0.1) is 0 Å². The molecule has 0 aliphatic carbocycles. The second-order valence-corrected chi connectivity index (χ2v) is 8.46. The van der Waals surface area contributed by atoms with Crippen molar-refractivity contribution in [1.82, 2.24) is 24.6 Å². The first-order valence-corrected chi connectivity index (χ1v) is 11.7. The number of aliphatic hydroxyl groups is 1. The molecule has 0 saturated carbocycles. The Bertz CT molecular complexity index is 1150. The number of fused-ring (bicyclic) bond motifs is 1. The minimum Gasteiger partial charge on any atom is -0.493 e. The zero-order valence-electron chi connectivity index (χ0n) is 19.6. The van der Waals surface area contributed by atoms with Gasteiger partial charge < -0.3 is 19.6 Å². The highest BCUT2D eigenvalue weighted by Crippen LogP contribution is 2.32. The number of β-amino-alcohol motifs (C(OH)–C–C–N with tert-alkyl or cyclic N) is 1. The molecular formula is C24H33N5O4. The Kier molecular flexibility index (Phi) is 7.42. The van der Waals surface area contributed by atoms with E-state index in [-0.39, 0.29) is 5.56 Å². The van der Waals surface area contributed by atoms with Crippen molar-refractivity contribution in [3.8, 4) is 17.1 Å². The number of H-pyrrole nitrogens is 1. The molecule has 2 N–H and O–H groups in total. The number of aliphatic hydroxyl groups excluding tert-OH is 1. The minimum absolute atomic E-state index is 0.243. The fraction of sp³-hybridized carbons (Fsp3) is 0.542. The normalized spacial score (nSPS) is 15.8. The van der Waals surface area contributed by atoms with Crippen LogP contribution in [0.3, 0.4) is 0 Å². The summed E-state index contributed by atoms with van der Waals surface area (Å²) in [6.07, 6.45) is 1.83. The Morgan fingerprint density at radius 2 is 2.03 bits per heavy atom. The summed E-state index contributed by atoms with van der Waals surface area (Å²) in [4.78, 5) is 22.9. The first kappa shape index (κ1) is 23.4. The molecule has 33 heavy (non-hydrogen) atoms. The maximum absolute atomic E-state index is 13.0. The van der Waals surface area contributed by atoms with Gasteiger partial charge in [-0.2, -0.15) is 5.10 Å². The van der Waals surface area contributed by atoms with Crippen molar-refractivity contribution < 1.29 is 14.6 Å². The molecule has 0 spiro atoms. The lowest BCUT2D eigenvalue weighted by atomic mass is 10.0. The van der Waals surface area contributed by atoms with E-state index in [2.05, 4.69) is 21.9 Å². The van der Waals surface area contributed by atoms with Gasteiger partial charge in [-0.15, -0.1) is 0 Å². The smallest absolute Gasteiger partial charge is 0.277 e. The van der Waals surface area contributed by atoms with E-state index in [0.29, 0.717) is 54.5 Å². The van der Waals surface area contributed by atoms with Gasteiger partial charge in [0.2, 0.25) is 0 Å². The Labute approximate surface area is 193 Å². The van der Waals surface area contributed by atoms with Crippen molar-refractivity contribution in [2.45, 2.75) is 39.2 Å². The third kappa shape index (κ3) is 5.10. The van der Waals surface area contributed by atoms with Gasteiger partial charge in [0.15, 0.2) is 5.52 Å². The topological polar surface area (TPSA) is 106 Å². The van der Waals surface area contributed by atoms with Gasteiger partial charge in [0.25, 0.3) is 5.56 Å². The van der Waals surface area contributed by atoms with Gasteiger partial charge >= 0.3 is 0 Å². The summed E-state index contributed by atoms with van der Waals surface area (Å²) in [7, 11) is 1.76. The molecule has 178 valence electrons. The van der Waals surface area contributed by atoms with Crippen LogP contribution in [0.5, 0.6) is 5.75 Å². The standard InChI is InChI=1S/C24H33N5O4/c1-4-6-18-21-22(28(3)27-18)24(31)26-23(25-21)17-14-16(7-8-20(17)33-11-5-2)19(30)15-29-9-12-32-13-10-29/h7-8,14,19,30H,4-6,9-13,15H2,1-3H3,(H,25,26,31). The first-order valence-electron chi connectivity index (χ1n) is 11.7. The Balaban J connectivity index is 1.75. The van der Waals surface area contributed by atoms with Crippen LogP contribution in [0.2, 0.25) is 0 Å². The zero-order valence-corrected chi connectivity index (χ0v) is 19.6. The highest BCUT2D eigenvalue weighted by molar-refractivity contribution is 5.79. The van der Waals surface area contributed by atoms with Crippen molar-refractivity contribution in [1.29, 1.82) is 0 Å². The second kappa shape index (κ2) is 10.5. The van der Waals surface area contributed by atoms with E-state index < -0.39 is 6.10 Å². The summed E-state index contributed by atoms with van der Waals surface area (Å²) in [5.74, 6) is 1.05. The maximum atomic E-state index is 13.0. The van der Waals surface area contributed by atoms with Crippen LogP contribution in [0.25, 0.3) is 22.4 Å². The second-order valence-electron chi connectivity index (χ2n) is 8.46. The van der Waals surface area contributed by atoms with Crippen LogP contribution >= 0.6 is 0 Å². The number of aromatic nitrogens is 4. The van der Waals surface area contributed by atoms with E-state index in [9.17, 15) is 9.90 Å². The Hall–Kier alpha value is -2.75. The number of benzene rings is 1. The summed E-state index contributed by atoms with van der Waals surface area (Å²) in [6, 6.07) is 5.60. The number of hydrogen-bond donors (Lipinski definition) is 2. The molecular weight excluding hydrogens is 422 g/mol. The molecule has 1 aliphatic rings. The number of ether oxygens (including phenoxy) is 2. The van der Waals surface area contributed by atoms with Crippen LogP contribution in [0.15, 0.2) is 23.0 Å². The van der Waals surface area contributed by atoms with Gasteiger partial charge in [-0.25, -0.2) is 4.98 Å². The minimum atomic E-state index is -0.674. The molecule has 3 heterocycles. The number of morpholine rings is 1. The van der Waals surface area contributed by atoms with Crippen molar-refractivity contribution >= 4 is 11.0 Å². The quantitative estimate of drug-likeness (QED) is 0.510. The molecule has 3 aromatic rings. The van der Waals surface area contributed by atoms with Crippen molar-refractivity contribution in [2.24, 2.45) is 7.05 Å². The Morgan fingerprint density at radius 1 is 1.24 bits per heavy atom. The van der Waals surface area contributed by atoms with E-state index in [0.717, 1.165) is 43.6 Å². The van der Waals surface area contributed by atoms with Gasteiger partial charge in [-0.05, 0) is 30.5 Å². The number of aryl methyl sites for hydroxylation is 2. The third-order valence-corrected chi connectivity index (χ3v) is 5.89. The molecule has 0 bridgehead atoms. The lowest BCUT2D eigenvalue weighted by molar-refractivity contribution is 0.0143. The van der Waals surface area contributed by atoms with Gasteiger partial charge in [0, 0.05) is 26.7 Å². The van der Waals surface area contributed by atoms with Gasteiger partial charge in [0.1, 0.15) is 17.1 Å². The molecule has 1 unspecified atom stereocenters. The zero-order chi connectivity index (χ0) is 23.4. The number of hydrogen-bond acceptors (Lipinski definition) is 7. The highest BCUT2D eigenvalue weighted by atomic mass is 16.5. The summed E-state index contributed by atoms with van der Waals surface area (Å²) in [5, 5.41) is 15.4. The van der Waals surface area contributed by atoms with Gasteiger partial charge in [-0.1, -0.05) is 26.3 Å². The van der Waals surface area contributed by atoms with Gasteiger partial charge in [0.05, 0.1) is 37.2 Å². The molecule has 2 aromatic heterocycles. The van der Waals surface area contributed by atoms with Crippen molar-refractivity contribution in [3.05, 3.63) is 39.8 Å². The summed E-state index contributed by atoms with van der Waals surface area (Å²) in [6.45, 7) is 8.13. The van der Waals surface area contributed by atoms with Crippen LogP contribution in [-0.4, -0.2) is 69.2 Å². The average Bonchev–Trinajstić information content (AvgIpc) is 3.14. The van der Waals surface area contributed by atoms with Crippen LogP contribution in [-0.2, 0) is 18.2 Å². The molecule has 1 atom stereocenters. The summed E-state index contributed by atoms with van der Waals surface area (Å²) < 4.78 is 13.0. The highest BCUT2D eigenvalue weighted by Gasteiger charge is 2.21. The molecule has 9 nitrogen and oxygen atoms in total. The fourth-order valence-electron chi connectivity index (χ4n) is 4.19. The summed E-state index contributed by atoms with van der Waals surface area (Å²) >= 11 is 0. The van der Waals surface area contributed by atoms with E-state index in [1.54, 1.807) is 11.7 Å². The third-order valence-electron chi connectivity index (χ3n) is 5.89. The summed E-state index contributed by atoms with van der Waals surface area (Å²) in [5.41, 5.74) is 3.05. The molecule has 1 aromatic carbocycles. The van der Waals surface area contributed by atoms with E-state index in [1.807, 2.05) is 25.1 Å². The lowest BCUT2D eigenvalue weighted by Crippen LogP contribution is -2.38.